The van der Waals surface area contributed by atoms with E-state index >= 15 is 0 Å². The second-order valence-corrected chi connectivity index (χ2v) is 7.88. The molecule has 144 valence electrons. The number of benzene rings is 2. The van der Waals surface area contributed by atoms with Gasteiger partial charge >= 0.3 is 0 Å². The summed E-state index contributed by atoms with van der Waals surface area (Å²) in [6.07, 6.45) is 0.689. The Morgan fingerprint density at radius 2 is 1.44 bits per heavy atom. The van der Waals surface area contributed by atoms with Gasteiger partial charge in [0.1, 0.15) is 0 Å². The van der Waals surface area contributed by atoms with Crippen molar-refractivity contribution in [2.75, 3.05) is 10.6 Å². The Bertz CT molecular complexity index is 907. The molecule has 0 saturated heterocycles. The number of hydrogen-bond acceptors (Lipinski definition) is 4. The number of nitrogens with one attached hydrogen (secondary N) is 3. The Hall–Kier alpha value is -2.71. The molecule has 0 radical (unpaired) electrons. The van der Waals surface area contributed by atoms with Gasteiger partial charge < -0.3 is 10.6 Å². The zero-order valence-electron chi connectivity index (χ0n) is 15.4. The number of amides is 2. The maximum atomic E-state index is 12.3. The Labute approximate surface area is 159 Å². The van der Waals surface area contributed by atoms with Crippen LogP contribution in [0.15, 0.2) is 53.4 Å². The molecule has 2 aromatic rings. The highest BCUT2D eigenvalue weighted by molar-refractivity contribution is 7.89. The summed E-state index contributed by atoms with van der Waals surface area (Å²) in [6, 6.07) is 12.3. The van der Waals surface area contributed by atoms with Gasteiger partial charge in [0, 0.05) is 29.9 Å². The van der Waals surface area contributed by atoms with Gasteiger partial charge in [0.25, 0.3) is 5.91 Å². The maximum Gasteiger partial charge on any atom is 0.255 e. The van der Waals surface area contributed by atoms with Gasteiger partial charge in [0.2, 0.25) is 15.9 Å². The average Bonchev–Trinajstić information content (AvgIpc) is 2.61. The molecule has 0 heterocycles. The van der Waals surface area contributed by atoms with Crippen LogP contribution >= 0.6 is 0 Å². The molecule has 8 heteroatoms. The van der Waals surface area contributed by atoms with Crippen LogP contribution in [0.5, 0.6) is 0 Å². The number of rotatable bonds is 7. The highest BCUT2D eigenvalue weighted by atomic mass is 32.2. The molecule has 0 spiro atoms. The Balaban J connectivity index is 2.05. The van der Waals surface area contributed by atoms with E-state index in [9.17, 15) is 18.0 Å². The maximum absolute atomic E-state index is 12.3. The first kappa shape index (κ1) is 20.6. The fourth-order valence-corrected chi connectivity index (χ4v) is 3.57. The zero-order chi connectivity index (χ0) is 20.0. The molecule has 7 nitrogen and oxygen atoms in total. The lowest BCUT2D eigenvalue weighted by Gasteiger charge is -2.12. The first-order valence-electron chi connectivity index (χ1n) is 8.52. The van der Waals surface area contributed by atoms with E-state index in [-0.39, 0.29) is 22.8 Å². The van der Waals surface area contributed by atoms with Gasteiger partial charge in [-0.2, -0.15) is 0 Å². The summed E-state index contributed by atoms with van der Waals surface area (Å²) >= 11 is 0. The SMILES string of the molecule is CCC(C)NS(=O)(=O)c1ccc(NC(=O)c2ccc(NC(C)=O)cc2)cc1. The van der Waals surface area contributed by atoms with Crippen LogP contribution in [0.25, 0.3) is 0 Å². The van der Waals surface area contributed by atoms with Crippen LogP contribution in [0.4, 0.5) is 11.4 Å². The molecule has 0 bridgehead atoms. The summed E-state index contributed by atoms with van der Waals surface area (Å²) in [6.45, 7) is 5.10. The van der Waals surface area contributed by atoms with Gasteiger partial charge in [-0.3, -0.25) is 9.59 Å². The molecule has 1 atom stereocenters. The van der Waals surface area contributed by atoms with Crippen molar-refractivity contribution in [1.82, 2.24) is 4.72 Å². The quantitative estimate of drug-likeness (QED) is 0.677. The molecule has 2 rings (SSSR count). The lowest BCUT2D eigenvalue weighted by atomic mass is 10.2. The molecule has 0 aromatic heterocycles. The zero-order valence-corrected chi connectivity index (χ0v) is 16.3. The minimum Gasteiger partial charge on any atom is -0.326 e. The van der Waals surface area contributed by atoms with E-state index in [0.717, 1.165) is 0 Å². The van der Waals surface area contributed by atoms with Crippen molar-refractivity contribution in [1.29, 1.82) is 0 Å². The minimum absolute atomic E-state index is 0.139. The van der Waals surface area contributed by atoms with Gasteiger partial charge in [-0.15, -0.1) is 0 Å². The fourth-order valence-electron chi connectivity index (χ4n) is 2.25. The largest absolute Gasteiger partial charge is 0.326 e. The third kappa shape index (κ3) is 5.90. The van der Waals surface area contributed by atoms with Crippen LogP contribution in [0.2, 0.25) is 0 Å². The lowest BCUT2D eigenvalue weighted by molar-refractivity contribution is -0.114. The van der Waals surface area contributed by atoms with Gasteiger partial charge in [-0.05, 0) is 61.9 Å². The molecule has 27 heavy (non-hydrogen) atoms. The molecule has 2 aromatic carbocycles. The van der Waals surface area contributed by atoms with E-state index in [4.69, 9.17) is 0 Å². The number of sulfonamides is 1. The fraction of sp³-hybridized carbons (Fsp3) is 0.263. The summed E-state index contributed by atoms with van der Waals surface area (Å²) in [5.74, 6) is -0.525. The van der Waals surface area contributed by atoms with Crippen LogP contribution in [0.3, 0.4) is 0 Å². The number of carbonyl (C=O) groups excluding carboxylic acids is 2. The highest BCUT2D eigenvalue weighted by Gasteiger charge is 2.16. The molecule has 0 aliphatic carbocycles. The van der Waals surface area contributed by atoms with Crippen molar-refractivity contribution in [3.05, 3.63) is 54.1 Å². The highest BCUT2D eigenvalue weighted by Crippen LogP contribution is 2.16. The Kier molecular flexibility index (Phi) is 6.70. The smallest absolute Gasteiger partial charge is 0.255 e. The molecule has 2 amide bonds. The first-order valence-corrected chi connectivity index (χ1v) is 10.0. The van der Waals surface area contributed by atoms with E-state index in [1.807, 2.05) is 6.92 Å². The Morgan fingerprint density at radius 3 is 1.96 bits per heavy atom. The number of carbonyl (C=O) groups is 2. The van der Waals surface area contributed by atoms with Crippen LogP contribution in [-0.2, 0) is 14.8 Å². The molecule has 0 aliphatic heterocycles. The van der Waals surface area contributed by atoms with Crippen molar-refractivity contribution in [2.45, 2.75) is 38.1 Å². The summed E-state index contributed by atoms with van der Waals surface area (Å²) in [7, 11) is -3.58. The van der Waals surface area contributed by atoms with Gasteiger partial charge in [-0.1, -0.05) is 6.92 Å². The molecular weight excluding hydrogens is 366 g/mol. The molecule has 3 N–H and O–H groups in total. The summed E-state index contributed by atoms with van der Waals surface area (Å²) in [4.78, 5) is 23.4. The topological polar surface area (TPSA) is 104 Å². The van der Waals surface area contributed by atoms with Gasteiger partial charge in [0.15, 0.2) is 0 Å². The van der Waals surface area contributed by atoms with Crippen molar-refractivity contribution >= 4 is 33.2 Å². The van der Waals surface area contributed by atoms with E-state index in [1.165, 1.54) is 31.2 Å². The second kappa shape index (κ2) is 8.79. The van der Waals surface area contributed by atoms with Crippen LogP contribution in [-0.4, -0.2) is 26.3 Å². The van der Waals surface area contributed by atoms with E-state index in [0.29, 0.717) is 23.4 Å². The molecule has 0 saturated carbocycles. The second-order valence-electron chi connectivity index (χ2n) is 6.17. The predicted molar refractivity (Wildman–Crippen MR) is 105 cm³/mol. The summed E-state index contributed by atoms with van der Waals surface area (Å²) < 4.78 is 27.1. The lowest BCUT2D eigenvalue weighted by Crippen LogP contribution is -2.31. The standard InChI is InChI=1S/C19H23N3O4S/c1-4-13(2)22-27(25,26)18-11-9-17(10-12-18)21-19(24)15-5-7-16(8-6-15)20-14(3)23/h5-13,22H,4H2,1-3H3,(H,20,23)(H,21,24). The molecule has 1 unspecified atom stereocenters. The van der Waals surface area contributed by atoms with Crippen molar-refractivity contribution in [3.63, 3.8) is 0 Å². The predicted octanol–water partition coefficient (Wildman–Crippen LogP) is 2.97. The summed E-state index contributed by atoms with van der Waals surface area (Å²) in [5.41, 5.74) is 1.50. The van der Waals surface area contributed by atoms with Crippen LogP contribution in [0, 0.1) is 0 Å². The molecular formula is C19H23N3O4S. The molecule has 0 fully saturated rings. The van der Waals surface area contributed by atoms with E-state index in [1.54, 1.807) is 31.2 Å². The van der Waals surface area contributed by atoms with Crippen molar-refractivity contribution in [3.8, 4) is 0 Å². The van der Waals surface area contributed by atoms with Crippen molar-refractivity contribution < 1.29 is 18.0 Å². The number of hydrogen-bond donors (Lipinski definition) is 3. The normalized spacial score (nSPS) is 12.3. The van der Waals surface area contributed by atoms with Gasteiger partial charge in [-0.25, -0.2) is 13.1 Å². The number of anilines is 2. The van der Waals surface area contributed by atoms with Crippen molar-refractivity contribution in [2.24, 2.45) is 0 Å². The third-order valence-electron chi connectivity index (χ3n) is 3.86. The minimum atomic E-state index is -3.58. The monoisotopic (exact) mass is 389 g/mol. The third-order valence-corrected chi connectivity index (χ3v) is 5.46. The average molecular weight is 389 g/mol. The van der Waals surface area contributed by atoms with Crippen LogP contribution in [0.1, 0.15) is 37.6 Å². The van der Waals surface area contributed by atoms with E-state index < -0.39 is 10.0 Å². The molecule has 0 aliphatic rings. The van der Waals surface area contributed by atoms with E-state index in [2.05, 4.69) is 15.4 Å². The van der Waals surface area contributed by atoms with Crippen LogP contribution < -0.4 is 15.4 Å². The Morgan fingerprint density at radius 1 is 0.926 bits per heavy atom. The van der Waals surface area contributed by atoms with Gasteiger partial charge in [0.05, 0.1) is 4.90 Å². The summed E-state index contributed by atoms with van der Waals surface area (Å²) in [5, 5.41) is 5.33. The first-order chi connectivity index (χ1) is 12.7.